The number of allylic oxidation sites excluding steroid dienone is 1. The lowest BCUT2D eigenvalue weighted by Crippen LogP contribution is -2.07. The summed E-state index contributed by atoms with van der Waals surface area (Å²) in [5, 5.41) is 9.16. The van der Waals surface area contributed by atoms with Gasteiger partial charge in [-0.1, -0.05) is 39.2 Å². The van der Waals surface area contributed by atoms with Crippen LogP contribution in [0.15, 0.2) is 11.6 Å². The van der Waals surface area contributed by atoms with E-state index in [0.717, 1.165) is 5.92 Å². The summed E-state index contributed by atoms with van der Waals surface area (Å²) in [4.78, 5) is 0. The van der Waals surface area contributed by atoms with E-state index in [1.165, 1.54) is 37.7 Å². The summed E-state index contributed by atoms with van der Waals surface area (Å²) in [5.41, 5.74) is 1.23. The number of hydrogen-bond donors (Lipinski definition) is 1. The molecule has 1 heteroatoms. The molecule has 0 atom stereocenters. The lowest BCUT2D eigenvalue weighted by molar-refractivity contribution is 0.314. The Morgan fingerprint density at radius 3 is 2.38 bits per heavy atom. The molecule has 0 aromatic heterocycles. The third-order valence-corrected chi connectivity index (χ3v) is 3.02. The van der Waals surface area contributed by atoms with Crippen LogP contribution in [0.25, 0.3) is 0 Å². The van der Waals surface area contributed by atoms with Gasteiger partial charge in [0.2, 0.25) is 0 Å². The van der Waals surface area contributed by atoms with Crippen molar-refractivity contribution < 1.29 is 5.11 Å². The summed E-state index contributed by atoms with van der Waals surface area (Å²) in [7, 11) is 0. The van der Waals surface area contributed by atoms with Crippen LogP contribution < -0.4 is 0 Å². The maximum Gasteiger partial charge on any atom is 0.0644 e. The van der Waals surface area contributed by atoms with Crippen LogP contribution in [0.5, 0.6) is 0 Å². The van der Waals surface area contributed by atoms with Crippen molar-refractivity contribution in [2.75, 3.05) is 6.61 Å². The largest absolute Gasteiger partial charge is 0.392 e. The fraction of sp³-hybridized carbons (Fsp3) is 0.833. The topological polar surface area (TPSA) is 20.2 Å². The molecule has 0 spiro atoms. The Balaban J connectivity index is 2.49. The van der Waals surface area contributed by atoms with Gasteiger partial charge in [-0.05, 0) is 30.3 Å². The summed E-state index contributed by atoms with van der Waals surface area (Å²) in [5.74, 6) is 1.25. The highest BCUT2D eigenvalue weighted by Gasteiger charge is 2.12. The van der Waals surface area contributed by atoms with Crippen molar-refractivity contribution in [1.82, 2.24) is 0 Å². The molecule has 76 valence electrons. The van der Waals surface area contributed by atoms with Crippen molar-refractivity contribution >= 4 is 0 Å². The molecule has 0 radical (unpaired) electrons. The van der Waals surface area contributed by atoms with Crippen molar-refractivity contribution in [3.63, 3.8) is 0 Å². The van der Waals surface area contributed by atoms with Gasteiger partial charge >= 0.3 is 0 Å². The Morgan fingerprint density at radius 1 is 1.31 bits per heavy atom. The Bertz CT molecular complexity index is 164. The molecule has 1 aliphatic rings. The standard InChI is InChI=1S/C12H22O/c1-10(2)12(9-13)8-11-6-4-3-5-7-11/h8,10-11,13H,3-7,9H2,1-2H3. The molecule has 1 aliphatic carbocycles. The molecule has 1 N–H and O–H groups in total. The number of aliphatic hydroxyl groups excluding tert-OH is 1. The van der Waals surface area contributed by atoms with E-state index in [0.29, 0.717) is 5.92 Å². The van der Waals surface area contributed by atoms with Crippen molar-refractivity contribution in [1.29, 1.82) is 0 Å². The normalized spacial score (nSPS) is 21.1. The zero-order valence-electron chi connectivity index (χ0n) is 8.92. The highest BCUT2D eigenvalue weighted by Crippen LogP contribution is 2.26. The first-order valence-electron chi connectivity index (χ1n) is 5.55. The molecular formula is C12H22O. The molecule has 0 aliphatic heterocycles. The first-order valence-corrected chi connectivity index (χ1v) is 5.55. The monoisotopic (exact) mass is 182 g/mol. The van der Waals surface area contributed by atoms with E-state index in [1.54, 1.807) is 0 Å². The minimum atomic E-state index is 0.244. The summed E-state index contributed by atoms with van der Waals surface area (Å²) in [6.45, 7) is 4.56. The quantitative estimate of drug-likeness (QED) is 0.665. The molecule has 1 saturated carbocycles. The van der Waals surface area contributed by atoms with Gasteiger partial charge in [0.25, 0.3) is 0 Å². The fourth-order valence-corrected chi connectivity index (χ4v) is 2.03. The average Bonchev–Trinajstić information content (AvgIpc) is 2.15. The molecule has 1 fully saturated rings. The highest BCUT2D eigenvalue weighted by molar-refractivity contribution is 5.07. The van der Waals surface area contributed by atoms with Crippen LogP contribution >= 0.6 is 0 Å². The molecule has 0 heterocycles. The average molecular weight is 182 g/mol. The van der Waals surface area contributed by atoms with E-state index < -0.39 is 0 Å². The second-order valence-corrected chi connectivity index (χ2v) is 4.45. The maximum atomic E-state index is 9.16. The van der Waals surface area contributed by atoms with Crippen LogP contribution in [0.4, 0.5) is 0 Å². The minimum absolute atomic E-state index is 0.244. The van der Waals surface area contributed by atoms with E-state index in [9.17, 15) is 0 Å². The van der Waals surface area contributed by atoms with E-state index in [2.05, 4.69) is 19.9 Å². The predicted octanol–water partition coefficient (Wildman–Crippen LogP) is 3.14. The van der Waals surface area contributed by atoms with Crippen molar-refractivity contribution in [2.24, 2.45) is 11.8 Å². The highest BCUT2D eigenvalue weighted by atomic mass is 16.3. The second-order valence-electron chi connectivity index (χ2n) is 4.45. The van der Waals surface area contributed by atoms with Crippen molar-refractivity contribution in [3.8, 4) is 0 Å². The Kier molecular flexibility index (Phi) is 4.51. The van der Waals surface area contributed by atoms with Gasteiger partial charge in [0.1, 0.15) is 0 Å². The maximum absolute atomic E-state index is 9.16. The van der Waals surface area contributed by atoms with Crippen LogP contribution in [-0.4, -0.2) is 11.7 Å². The summed E-state index contributed by atoms with van der Waals surface area (Å²) >= 11 is 0. The van der Waals surface area contributed by atoms with Crippen LogP contribution in [0.3, 0.4) is 0 Å². The van der Waals surface area contributed by atoms with Crippen molar-refractivity contribution in [2.45, 2.75) is 46.0 Å². The molecule has 0 saturated heterocycles. The van der Waals surface area contributed by atoms with Gasteiger partial charge < -0.3 is 5.11 Å². The van der Waals surface area contributed by atoms with Gasteiger partial charge in [-0.3, -0.25) is 0 Å². The van der Waals surface area contributed by atoms with E-state index in [4.69, 9.17) is 5.11 Å². The summed E-state index contributed by atoms with van der Waals surface area (Å²) < 4.78 is 0. The zero-order chi connectivity index (χ0) is 9.68. The van der Waals surface area contributed by atoms with E-state index in [-0.39, 0.29) is 6.61 Å². The van der Waals surface area contributed by atoms with Crippen LogP contribution in [0, 0.1) is 11.8 Å². The van der Waals surface area contributed by atoms with Crippen LogP contribution in [-0.2, 0) is 0 Å². The van der Waals surface area contributed by atoms with Gasteiger partial charge in [0.15, 0.2) is 0 Å². The molecule has 0 unspecified atom stereocenters. The van der Waals surface area contributed by atoms with Gasteiger partial charge in [-0.2, -0.15) is 0 Å². The molecule has 0 bridgehead atoms. The summed E-state index contributed by atoms with van der Waals surface area (Å²) in [6.07, 6.45) is 9.13. The zero-order valence-corrected chi connectivity index (χ0v) is 8.92. The Hall–Kier alpha value is -0.300. The van der Waals surface area contributed by atoms with Gasteiger partial charge in [-0.15, -0.1) is 0 Å². The number of rotatable bonds is 3. The fourth-order valence-electron chi connectivity index (χ4n) is 2.03. The molecule has 1 nitrogen and oxygen atoms in total. The first-order chi connectivity index (χ1) is 6.24. The van der Waals surface area contributed by atoms with Gasteiger partial charge in [-0.25, -0.2) is 0 Å². The molecule has 0 amide bonds. The molecule has 0 aromatic rings. The Labute approximate surface area is 81.9 Å². The summed E-state index contributed by atoms with van der Waals surface area (Å²) in [6, 6.07) is 0. The number of hydrogen-bond acceptors (Lipinski definition) is 1. The lowest BCUT2D eigenvalue weighted by atomic mass is 9.86. The van der Waals surface area contributed by atoms with Crippen LogP contribution in [0.2, 0.25) is 0 Å². The van der Waals surface area contributed by atoms with E-state index in [1.807, 2.05) is 0 Å². The minimum Gasteiger partial charge on any atom is -0.392 e. The smallest absolute Gasteiger partial charge is 0.0644 e. The van der Waals surface area contributed by atoms with Crippen LogP contribution in [0.1, 0.15) is 46.0 Å². The lowest BCUT2D eigenvalue weighted by Gasteiger charge is -2.20. The first kappa shape index (κ1) is 10.8. The van der Waals surface area contributed by atoms with E-state index >= 15 is 0 Å². The van der Waals surface area contributed by atoms with Crippen molar-refractivity contribution in [3.05, 3.63) is 11.6 Å². The SMILES string of the molecule is CC(C)C(=CC1CCCCC1)CO. The molecule has 13 heavy (non-hydrogen) atoms. The van der Waals surface area contributed by atoms with Gasteiger partial charge in [0, 0.05) is 0 Å². The predicted molar refractivity (Wildman–Crippen MR) is 56.6 cm³/mol. The third kappa shape index (κ3) is 3.51. The molecule has 0 aromatic carbocycles. The Morgan fingerprint density at radius 2 is 1.92 bits per heavy atom. The third-order valence-electron chi connectivity index (χ3n) is 3.02. The number of aliphatic hydroxyl groups is 1. The second kappa shape index (κ2) is 5.43. The molecular weight excluding hydrogens is 160 g/mol. The molecule has 1 rings (SSSR count). The van der Waals surface area contributed by atoms with Gasteiger partial charge in [0.05, 0.1) is 6.61 Å².